The van der Waals surface area contributed by atoms with Crippen LogP contribution < -0.4 is 5.32 Å². The number of aryl methyl sites for hydroxylation is 1. The van der Waals surface area contributed by atoms with Gasteiger partial charge in [0.2, 0.25) is 5.91 Å². The maximum Gasteiger partial charge on any atom is 0.409 e. The zero-order chi connectivity index (χ0) is 19.1. The van der Waals surface area contributed by atoms with Crippen molar-refractivity contribution in [2.45, 2.75) is 20.3 Å². The number of ether oxygens (including phenoxy) is 1. The zero-order valence-corrected chi connectivity index (χ0v) is 15.1. The molecule has 1 aliphatic rings. The molecule has 0 saturated carbocycles. The zero-order valence-electron chi connectivity index (χ0n) is 15.1. The van der Waals surface area contributed by atoms with Gasteiger partial charge in [0.05, 0.1) is 11.5 Å². The van der Waals surface area contributed by atoms with Crippen LogP contribution in [0.25, 0.3) is 0 Å². The molecule has 2 rings (SSSR count). The van der Waals surface area contributed by atoms with E-state index in [0.717, 1.165) is 0 Å². The highest BCUT2D eigenvalue weighted by molar-refractivity contribution is 5.91. The quantitative estimate of drug-likeness (QED) is 0.611. The lowest BCUT2D eigenvalue weighted by Crippen LogP contribution is -2.49. The highest BCUT2D eigenvalue weighted by Crippen LogP contribution is 2.21. The van der Waals surface area contributed by atoms with Crippen LogP contribution in [0.15, 0.2) is 18.2 Å². The van der Waals surface area contributed by atoms with Crippen molar-refractivity contribution in [3.63, 3.8) is 0 Å². The van der Waals surface area contributed by atoms with Crippen LogP contribution in [0.2, 0.25) is 0 Å². The van der Waals surface area contributed by atoms with Crippen LogP contribution in [0.1, 0.15) is 18.9 Å². The highest BCUT2D eigenvalue weighted by atomic mass is 16.6. The Balaban J connectivity index is 1.76. The molecule has 0 aliphatic carbocycles. The molecule has 1 fully saturated rings. The average molecular weight is 364 g/mol. The second kappa shape index (κ2) is 9.14. The third-order valence-electron chi connectivity index (χ3n) is 4.25. The maximum absolute atomic E-state index is 12.1. The molecule has 9 heteroatoms. The summed E-state index contributed by atoms with van der Waals surface area (Å²) in [6.45, 7) is 7.02. The minimum Gasteiger partial charge on any atom is -0.450 e. The second-order valence-electron chi connectivity index (χ2n) is 6.08. The minimum absolute atomic E-state index is 0.0000281. The van der Waals surface area contributed by atoms with Crippen LogP contribution in [0.3, 0.4) is 0 Å². The van der Waals surface area contributed by atoms with Gasteiger partial charge in [0.1, 0.15) is 0 Å². The topological polar surface area (TPSA) is 105 Å². The van der Waals surface area contributed by atoms with Crippen molar-refractivity contribution in [1.29, 1.82) is 0 Å². The molecule has 1 aliphatic heterocycles. The number of rotatable bonds is 6. The number of nitrogens with zero attached hydrogens (tertiary/aromatic N) is 3. The molecule has 26 heavy (non-hydrogen) atoms. The molecular weight excluding hydrogens is 340 g/mol. The van der Waals surface area contributed by atoms with Gasteiger partial charge in [-0.05, 0) is 25.5 Å². The predicted octanol–water partition coefficient (Wildman–Crippen LogP) is 2.01. The fourth-order valence-electron chi connectivity index (χ4n) is 2.74. The molecule has 0 unspecified atom stereocenters. The number of hydrogen-bond acceptors (Lipinski definition) is 6. The summed E-state index contributed by atoms with van der Waals surface area (Å²) in [6.07, 6.45) is 0.0223. The molecule has 9 nitrogen and oxygen atoms in total. The molecule has 0 bridgehead atoms. The van der Waals surface area contributed by atoms with Crippen molar-refractivity contribution in [3.05, 3.63) is 33.9 Å². The van der Waals surface area contributed by atoms with E-state index in [0.29, 0.717) is 57.0 Å². The monoisotopic (exact) mass is 364 g/mol. The Labute approximate surface area is 152 Å². The first-order valence-electron chi connectivity index (χ1n) is 8.59. The lowest BCUT2D eigenvalue weighted by molar-refractivity contribution is -0.384. The maximum atomic E-state index is 12.1. The van der Waals surface area contributed by atoms with Gasteiger partial charge in [0.25, 0.3) is 5.69 Å². The molecule has 0 radical (unpaired) electrons. The fraction of sp³-hybridized carbons (Fsp3) is 0.529. The molecule has 1 heterocycles. The lowest BCUT2D eigenvalue weighted by Gasteiger charge is -2.33. The summed E-state index contributed by atoms with van der Waals surface area (Å²) >= 11 is 0. The van der Waals surface area contributed by atoms with Crippen molar-refractivity contribution in [3.8, 4) is 0 Å². The number of non-ortho nitro benzene ring substituents is 1. The SMILES string of the molecule is CCOC(=O)N1CCN(CCC(=O)Nc2ccc([N+](=O)[O-])cc2C)CC1. The van der Waals surface area contributed by atoms with E-state index in [4.69, 9.17) is 4.74 Å². The number of nitro benzene ring substituents is 1. The van der Waals surface area contributed by atoms with Gasteiger partial charge in [-0.15, -0.1) is 0 Å². The molecule has 0 aromatic heterocycles. The summed E-state index contributed by atoms with van der Waals surface area (Å²) in [6, 6.07) is 4.35. The molecule has 2 amide bonds. The summed E-state index contributed by atoms with van der Waals surface area (Å²) in [7, 11) is 0. The summed E-state index contributed by atoms with van der Waals surface area (Å²) in [5, 5.41) is 13.5. The fourth-order valence-corrected chi connectivity index (χ4v) is 2.74. The van der Waals surface area contributed by atoms with Crippen molar-refractivity contribution in [2.24, 2.45) is 0 Å². The first-order chi connectivity index (χ1) is 12.4. The normalized spacial score (nSPS) is 14.8. The highest BCUT2D eigenvalue weighted by Gasteiger charge is 2.22. The van der Waals surface area contributed by atoms with Crippen LogP contribution in [-0.4, -0.2) is 66.1 Å². The number of carbonyl (C=O) groups is 2. The molecule has 1 aromatic rings. The summed E-state index contributed by atoms with van der Waals surface area (Å²) < 4.78 is 4.98. The van der Waals surface area contributed by atoms with Gasteiger partial charge in [-0.25, -0.2) is 4.79 Å². The van der Waals surface area contributed by atoms with Crippen LogP contribution in [-0.2, 0) is 9.53 Å². The standard InChI is InChI=1S/C17H24N4O5/c1-3-26-17(23)20-10-8-19(9-11-20)7-6-16(22)18-15-5-4-14(21(24)25)12-13(15)2/h4-5,12H,3,6-11H2,1-2H3,(H,18,22). The molecule has 1 saturated heterocycles. The van der Waals surface area contributed by atoms with E-state index in [2.05, 4.69) is 10.2 Å². The number of nitro groups is 1. The Morgan fingerprint density at radius 1 is 1.27 bits per heavy atom. The van der Waals surface area contributed by atoms with Gasteiger partial charge in [-0.1, -0.05) is 0 Å². The van der Waals surface area contributed by atoms with Gasteiger partial charge >= 0.3 is 6.09 Å². The first-order valence-corrected chi connectivity index (χ1v) is 8.59. The van der Waals surface area contributed by atoms with Gasteiger partial charge in [-0.2, -0.15) is 0 Å². The van der Waals surface area contributed by atoms with Crippen molar-refractivity contribution < 1.29 is 19.2 Å². The van der Waals surface area contributed by atoms with E-state index >= 15 is 0 Å². The second-order valence-corrected chi connectivity index (χ2v) is 6.08. The number of benzene rings is 1. The molecule has 1 aromatic carbocycles. The number of hydrogen-bond donors (Lipinski definition) is 1. The molecule has 0 spiro atoms. The Kier molecular flexibility index (Phi) is 6.90. The lowest BCUT2D eigenvalue weighted by atomic mass is 10.1. The number of nitrogens with one attached hydrogen (secondary N) is 1. The van der Waals surface area contributed by atoms with Gasteiger partial charge in [0, 0.05) is 57.0 Å². The Hall–Kier alpha value is -2.68. The van der Waals surface area contributed by atoms with E-state index in [9.17, 15) is 19.7 Å². The molecule has 142 valence electrons. The van der Waals surface area contributed by atoms with E-state index in [1.54, 1.807) is 24.8 Å². The number of anilines is 1. The number of piperazine rings is 1. The van der Waals surface area contributed by atoms with Gasteiger partial charge < -0.3 is 15.0 Å². The number of amides is 2. The average Bonchev–Trinajstić information content (AvgIpc) is 2.62. The predicted molar refractivity (Wildman–Crippen MR) is 96.1 cm³/mol. The Morgan fingerprint density at radius 2 is 1.96 bits per heavy atom. The minimum atomic E-state index is -0.464. The van der Waals surface area contributed by atoms with Crippen LogP contribution in [0.4, 0.5) is 16.2 Å². The number of carbonyl (C=O) groups excluding carboxylic acids is 2. The van der Waals surface area contributed by atoms with Crippen molar-refractivity contribution >= 4 is 23.4 Å². The Morgan fingerprint density at radius 3 is 2.54 bits per heavy atom. The van der Waals surface area contributed by atoms with E-state index < -0.39 is 4.92 Å². The van der Waals surface area contributed by atoms with E-state index in [-0.39, 0.29) is 17.7 Å². The molecule has 0 atom stereocenters. The molecular formula is C17H24N4O5. The van der Waals surface area contributed by atoms with Crippen LogP contribution in [0.5, 0.6) is 0 Å². The Bertz CT molecular complexity index is 671. The van der Waals surface area contributed by atoms with Crippen molar-refractivity contribution in [2.75, 3.05) is 44.6 Å². The smallest absolute Gasteiger partial charge is 0.409 e. The largest absolute Gasteiger partial charge is 0.450 e. The first kappa shape index (κ1) is 19.6. The summed E-state index contributed by atoms with van der Waals surface area (Å²) in [5.41, 5.74) is 1.23. The van der Waals surface area contributed by atoms with Crippen LogP contribution >= 0.6 is 0 Å². The van der Waals surface area contributed by atoms with Crippen LogP contribution in [0, 0.1) is 17.0 Å². The van der Waals surface area contributed by atoms with E-state index in [1.807, 2.05) is 0 Å². The summed E-state index contributed by atoms with van der Waals surface area (Å²) in [4.78, 5) is 37.9. The van der Waals surface area contributed by atoms with E-state index in [1.165, 1.54) is 12.1 Å². The van der Waals surface area contributed by atoms with Gasteiger partial charge in [-0.3, -0.25) is 19.8 Å². The summed E-state index contributed by atoms with van der Waals surface area (Å²) in [5.74, 6) is -0.144. The molecule has 1 N–H and O–H groups in total. The third kappa shape index (κ3) is 5.41. The van der Waals surface area contributed by atoms with Gasteiger partial charge in [0.15, 0.2) is 0 Å². The third-order valence-corrected chi connectivity index (χ3v) is 4.25. The van der Waals surface area contributed by atoms with Crippen molar-refractivity contribution in [1.82, 2.24) is 9.80 Å².